The maximum Gasteiger partial charge on any atom is 0.246 e. The molecular weight excluding hydrogens is 323 g/mol. The third kappa shape index (κ3) is 4.06. The fourth-order valence-electron chi connectivity index (χ4n) is 1.68. The molecule has 2 aromatic rings. The van der Waals surface area contributed by atoms with Crippen molar-refractivity contribution < 1.29 is 9.18 Å². The smallest absolute Gasteiger partial charge is 0.246 e. The van der Waals surface area contributed by atoms with E-state index in [4.69, 9.17) is 0 Å². The van der Waals surface area contributed by atoms with Crippen LogP contribution in [-0.2, 0) is 4.79 Å². The van der Waals surface area contributed by atoms with Crippen LogP contribution < -0.4 is 10.6 Å². The summed E-state index contributed by atoms with van der Waals surface area (Å²) >= 11 is 3.35. The molecule has 20 heavy (non-hydrogen) atoms. The van der Waals surface area contributed by atoms with E-state index >= 15 is 0 Å². The first kappa shape index (κ1) is 14.5. The number of rotatable bonds is 4. The summed E-state index contributed by atoms with van der Waals surface area (Å²) in [6.07, 6.45) is 0. The topological polar surface area (TPSA) is 41.1 Å². The number of nitrogens with one attached hydrogen (secondary N) is 2. The highest BCUT2D eigenvalue weighted by molar-refractivity contribution is 9.10. The SMILES string of the molecule is C[C@@H](Nc1ccc(Br)cc1)C(=O)Nc1cccc(F)c1. The average Bonchev–Trinajstić information content (AvgIpc) is 2.41. The van der Waals surface area contributed by atoms with Crippen molar-refractivity contribution >= 4 is 33.2 Å². The molecule has 0 spiro atoms. The van der Waals surface area contributed by atoms with Crippen LogP contribution in [0.4, 0.5) is 15.8 Å². The number of carbonyl (C=O) groups is 1. The lowest BCUT2D eigenvalue weighted by Gasteiger charge is -2.15. The molecule has 5 heteroatoms. The van der Waals surface area contributed by atoms with Crippen LogP contribution in [0.1, 0.15) is 6.92 Å². The van der Waals surface area contributed by atoms with E-state index in [9.17, 15) is 9.18 Å². The van der Waals surface area contributed by atoms with E-state index in [0.29, 0.717) is 5.69 Å². The number of amides is 1. The molecule has 2 N–H and O–H groups in total. The Morgan fingerprint density at radius 1 is 1.15 bits per heavy atom. The van der Waals surface area contributed by atoms with E-state index in [1.165, 1.54) is 12.1 Å². The fourth-order valence-corrected chi connectivity index (χ4v) is 1.94. The summed E-state index contributed by atoms with van der Waals surface area (Å²) in [5.41, 5.74) is 1.29. The van der Waals surface area contributed by atoms with Gasteiger partial charge >= 0.3 is 0 Å². The van der Waals surface area contributed by atoms with E-state index < -0.39 is 6.04 Å². The molecule has 2 aromatic carbocycles. The minimum atomic E-state index is -0.431. The first-order chi connectivity index (χ1) is 9.54. The number of hydrogen-bond donors (Lipinski definition) is 2. The monoisotopic (exact) mass is 336 g/mol. The highest BCUT2D eigenvalue weighted by atomic mass is 79.9. The lowest BCUT2D eigenvalue weighted by Crippen LogP contribution is -2.31. The van der Waals surface area contributed by atoms with Gasteiger partial charge in [-0.1, -0.05) is 22.0 Å². The van der Waals surface area contributed by atoms with Crippen LogP contribution in [0, 0.1) is 5.82 Å². The Hall–Kier alpha value is -1.88. The van der Waals surface area contributed by atoms with E-state index in [1.54, 1.807) is 19.1 Å². The molecule has 3 nitrogen and oxygen atoms in total. The fraction of sp³-hybridized carbons (Fsp3) is 0.133. The third-order valence-electron chi connectivity index (χ3n) is 2.71. The summed E-state index contributed by atoms with van der Waals surface area (Å²) in [5.74, 6) is -0.602. The van der Waals surface area contributed by atoms with Gasteiger partial charge in [-0.05, 0) is 49.4 Å². The van der Waals surface area contributed by atoms with Gasteiger partial charge in [-0.3, -0.25) is 4.79 Å². The number of anilines is 2. The summed E-state index contributed by atoms with van der Waals surface area (Å²) in [7, 11) is 0. The molecule has 0 saturated heterocycles. The van der Waals surface area contributed by atoms with Crippen LogP contribution in [0.2, 0.25) is 0 Å². The molecule has 1 amide bonds. The van der Waals surface area contributed by atoms with Crippen LogP contribution in [0.3, 0.4) is 0 Å². The van der Waals surface area contributed by atoms with Crippen molar-refractivity contribution in [1.29, 1.82) is 0 Å². The zero-order valence-electron chi connectivity index (χ0n) is 10.9. The molecule has 0 radical (unpaired) electrons. The Labute approximate surface area is 125 Å². The lowest BCUT2D eigenvalue weighted by molar-refractivity contribution is -0.116. The van der Waals surface area contributed by atoms with Gasteiger partial charge in [0.15, 0.2) is 0 Å². The van der Waals surface area contributed by atoms with E-state index in [0.717, 1.165) is 10.2 Å². The van der Waals surface area contributed by atoms with Crippen LogP contribution in [-0.4, -0.2) is 11.9 Å². The predicted octanol–water partition coefficient (Wildman–Crippen LogP) is 4.03. The summed E-state index contributed by atoms with van der Waals surface area (Å²) in [6, 6.07) is 12.9. The normalized spacial score (nSPS) is 11.8. The number of halogens is 2. The molecule has 0 heterocycles. The van der Waals surface area contributed by atoms with Gasteiger partial charge in [-0.25, -0.2) is 4.39 Å². The van der Waals surface area contributed by atoms with Gasteiger partial charge in [0.25, 0.3) is 0 Å². The Balaban J connectivity index is 1.96. The molecule has 0 aromatic heterocycles. The molecule has 0 fully saturated rings. The van der Waals surface area contributed by atoms with Crippen LogP contribution in [0.15, 0.2) is 53.0 Å². The molecule has 1 atom stereocenters. The molecule has 0 aliphatic heterocycles. The zero-order valence-corrected chi connectivity index (χ0v) is 12.4. The average molecular weight is 337 g/mol. The predicted molar refractivity (Wildman–Crippen MR) is 82.3 cm³/mol. The number of hydrogen-bond acceptors (Lipinski definition) is 2. The minimum absolute atomic E-state index is 0.224. The van der Waals surface area contributed by atoms with Gasteiger partial charge in [0.1, 0.15) is 11.9 Å². The zero-order chi connectivity index (χ0) is 14.5. The molecule has 0 aliphatic carbocycles. The second kappa shape index (κ2) is 6.52. The summed E-state index contributed by atoms with van der Waals surface area (Å²) in [6.45, 7) is 1.75. The molecule has 0 bridgehead atoms. The number of benzene rings is 2. The van der Waals surface area contributed by atoms with Crippen molar-refractivity contribution in [2.24, 2.45) is 0 Å². The van der Waals surface area contributed by atoms with Gasteiger partial charge in [0, 0.05) is 15.8 Å². The first-order valence-electron chi connectivity index (χ1n) is 6.13. The highest BCUT2D eigenvalue weighted by Gasteiger charge is 2.12. The van der Waals surface area contributed by atoms with Gasteiger partial charge in [0.05, 0.1) is 0 Å². The largest absolute Gasteiger partial charge is 0.374 e. The molecule has 2 rings (SSSR count). The summed E-state index contributed by atoms with van der Waals surface area (Å²) in [4.78, 5) is 12.0. The lowest BCUT2D eigenvalue weighted by atomic mass is 10.2. The number of carbonyl (C=O) groups excluding carboxylic acids is 1. The van der Waals surface area contributed by atoms with Gasteiger partial charge in [-0.15, -0.1) is 0 Å². The molecule has 0 unspecified atom stereocenters. The Morgan fingerprint density at radius 2 is 1.85 bits per heavy atom. The van der Waals surface area contributed by atoms with Crippen molar-refractivity contribution in [1.82, 2.24) is 0 Å². The molecule has 0 aliphatic rings. The second-order valence-corrected chi connectivity index (χ2v) is 5.29. The van der Waals surface area contributed by atoms with Crippen molar-refractivity contribution in [3.63, 3.8) is 0 Å². The summed E-state index contributed by atoms with van der Waals surface area (Å²) in [5, 5.41) is 5.74. The Bertz CT molecular complexity index is 601. The van der Waals surface area contributed by atoms with Crippen LogP contribution >= 0.6 is 15.9 Å². The molecule has 0 saturated carbocycles. The molecular formula is C15H14BrFN2O. The first-order valence-corrected chi connectivity index (χ1v) is 6.92. The van der Waals surface area contributed by atoms with Crippen molar-refractivity contribution in [3.8, 4) is 0 Å². The third-order valence-corrected chi connectivity index (χ3v) is 3.24. The summed E-state index contributed by atoms with van der Waals surface area (Å²) < 4.78 is 14.0. The van der Waals surface area contributed by atoms with Gasteiger partial charge < -0.3 is 10.6 Å². The maximum atomic E-state index is 13.0. The Morgan fingerprint density at radius 3 is 2.50 bits per heavy atom. The van der Waals surface area contributed by atoms with Crippen molar-refractivity contribution in [3.05, 3.63) is 58.8 Å². The Kier molecular flexibility index (Phi) is 4.74. The van der Waals surface area contributed by atoms with Gasteiger partial charge in [-0.2, -0.15) is 0 Å². The second-order valence-electron chi connectivity index (χ2n) is 4.37. The van der Waals surface area contributed by atoms with Crippen LogP contribution in [0.5, 0.6) is 0 Å². The van der Waals surface area contributed by atoms with E-state index in [1.807, 2.05) is 24.3 Å². The van der Waals surface area contributed by atoms with E-state index in [2.05, 4.69) is 26.6 Å². The van der Waals surface area contributed by atoms with Crippen molar-refractivity contribution in [2.75, 3.05) is 10.6 Å². The van der Waals surface area contributed by atoms with E-state index in [-0.39, 0.29) is 11.7 Å². The van der Waals surface area contributed by atoms with Crippen LogP contribution in [0.25, 0.3) is 0 Å². The minimum Gasteiger partial charge on any atom is -0.374 e. The highest BCUT2D eigenvalue weighted by Crippen LogP contribution is 2.15. The molecule has 104 valence electrons. The maximum absolute atomic E-state index is 13.0. The quantitative estimate of drug-likeness (QED) is 0.885. The standard InChI is InChI=1S/C15H14BrFN2O/c1-10(18-13-7-5-11(16)6-8-13)15(20)19-14-4-2-3-12(17)9-14/h2-10,18H,1H3,(H,19,20)/t10-/m1/s1. The van der Waals surface area contributed by atoms with Crippen molar-refractivity contribution in [2.45, 2.75) is 13.0 Å². The van der Waals surface area contributed by atoms with Gasteiger partial charge in [0.2, 0.25) is 5.91 Å².